The fourth-order valence-corrected chi connectivity index (χ4v) is 2.83. The molecule has 3 aromatic rings. The number of carbonyl (C=O) groups excluding carboxylic acids is 1. The van der Waals surface area contributed by atoms with Gasteiger partial charge in [-0.2, -0.15) is 0 Å². The maximum Gasteiger partial charge on any atom is 0.279 e. The van der Waals surface area contributed by atoms with E-state index in [1.165, 1.54) is 16.9 Å². The van der Waals surface area contributed by atoms with Gasteiger partial charge in [-0.25, -0.2) is 0 Å². The molecule has 1 N–H and O–H groups in total. The molecule has 0 bridgehead atoms. The molecular formula is C17H18N4O2S. The standard InChI is InChI=1S/C17H18N4O2S/c1-9(2)16-19-20-17(24-16)18-15(22)13-8-14(23-21-13)12-6-5-10(3)11(4)7-12/h5-9H,1-4H3,(H,18,20,22). The van der Waals surface area contributed by atoms with Gasteiger partial charge in [-0.15, -0.1) is 10.2 Å². The van der Waals surface area contributed by atoms with E-state index in [0.717, 1.165) is 16.1 Å². The number of anilines is 1. The van der Waals surface area contributed by atoms with Gasteiger partial charge >= 0.3 is 0 Å². The van der Waals surface area contributed by atoms with Crippen LogP contribution in [0.1, 0.15) is 46.4 Å². The van der Waals surface area contributed by atoms with Gasteiger partial charge in [-0.3, -0.25) is 10.1 Å². The Morgan fingerprint density at radius 2 is 1.96 bits per heavy atom. The molecule has 0 fully saturated rings. The van der Waals surface area contributed by atoms with E-state index in [9.17, 15) is 4.79 Å². The number of hydrogen-bond acceptors (Lipinski definition) is 6. The van der Waals surface area contributed by atoms with Crippen LogP contribution in [0, 0.1) is 13.8 Å². The highest BCUT2D eigenvalue weighted by Crippen LogP contribution is 2.25. The number of hydrogen-bond donors (Lipinski definition) is 1. The molecule has 1 aromatic carbocycles. The molecule has 0 radical (unpaired) electrons. The fourth-order valence-electron chi connectivity index (χ4n) is 2.09. The maximum absolute atomic E-state index is 12.3. The van der Waals surface area contributed by atoms with Gasteiger partial charge in [0.1, 0.15) is 5.01 Å². The summed E-state index contributed by atoms with van der Waals surface area (Å²) >= 11 is 1.36. The summed E-state index contributed by atoms with van der Waals surface area (Å²) in [5.41, 5.74) is 3.46. The van der Waals surface area contributed by atoms with Gasteiger partial charge in [-0.1, -0.05) is 42.5 Å². The van der Waals surface area contributed by atoms with E-state index in [1.54, 1.807) is 6.07 Å². The van der Waals surface area contributed by atoms with Gasteiger partial charge < -0.3 is 4.52 Å². The summed E-state index contributed by atoms with van der Waals surface area (Å²) in [7, 11) is 0. The van der Waals surface area contributed by atoms with E-state index in [2.05, 4.69) is 20.7 Å². The molecule has 3 rings (SSSR count). The quantitative estimate of drug-likeness (QED) is 0.769. The largest absolute Gasteiger partial charge is 0.355 e. The van der Waals surface area contributed by atoms with Crippen LogP contribution < -0.4 is 5.32 Å². The molecule has 124 valence electrons. The second-order valence-electron chi connectivity index (χ2n) is 5.93. The molecule has 2 aromatic heterocycles. The Kier molecular flexibility index (Phi) is 4.44. The summed E-state index contributed by atoms with van der Waals surface area (Å²) in [6, 6.07) is 7.60. The van der Waals surface area contributed by atoms with Crippen molar-refractivity contribution in [3.8, 4) is 11.3 Å². The Balaban J connectivity index is 1.76. The van der Waals surface area contributed by atoms with Crippen LogP contribution in [0.4, 0.5) is 5.13 Å². The van der Waals surface area contributed by atoms with Crippen molar-refractivity contribution in [1.29, 1.82) is 0 Å². The summed E-state index contributed by atoms with van der Waals surface area (Å²) < 4.78 is 5.30. The van der Waals surface area contributed by atoms with Gasteiger partial charge in [0, 0.05) is 17.5 Å². The van der Waals surface area contributed by atoms with E-state index < -0.39 is 0 Å². The van der Waals surface area contributed by atoms with Crippen LogP contribution in [0.5, 0.6) is 0 Å². The van der Waals surface area contributed by atoms with Gasteiger partial charge in [0.25, 0.3) is 5.91 Å². The normalized spacial score (nSPS) is 11.0. The first kappa shape index (κ1) is 16.3. The zero-order chi connectivity index (χ0) is 17.3. The van der Waals surface area contributed by atoms with Crippen molar-refractivity contribution in [3.63, 3.8) is 0 Å². The van der Waals surface area contributed by atoms with Crippen LogP contribution in [0.2, 0.25) is 0 Å². The molecule has 0 saturated carbocycles. The minimum Gasteiger partial charge on any atom is -0.355 e. The van der Waals surface area contributed by atoms with Gasteiger partial charge in [0.2, 0.25) is 5.13 Å². The van der Waals surface area contributed by atoms with Crippen molar-refractivity contribution in [2.45, 2.75) is 33.6 Å². The highest BCUT2D eigenvalue weighted by Gasteiger charge is 2.16. The number of nitrogens with zero attached hydrogens (tertiary/aromatic N) is 3. The Bertz CT molecular complexity index is 882. The molecule has 0 aliphatic heterocycles. The average Bonchev–Trinajstić information content (AvgIpc) is 3.19. The molecule has 6 nitrogen and oxygen atoms in total. The topological polar surface area (TPSA) is 80.9 Å². The number of benzene rings is 1. The summed E-state index contributed by atoms with van der Waals surface area (Å²) in [6.45, 7) is 8.13. The Labute approximate surface area is 143 Å². The minimum atomic E-state index is -0.361. The Hall–Kier alpha value is -2.54. The molecule has 24 heavy (non-hydrogen) atoms. The monoisotopic (exact) mass is 342 g/mol. The molecule has 0 spiro atoms. The molecule has 0 aliphatic carbocycles. The Morgan fingerprint density at radius 1 is 1.17 bits per heavy atom. The molecule has 0 saturated heterocycles. The molecular weight excluding hydrogens is 324 g/mol. The van der Waals surface area contributed by atoms with E-state index in [1.807, 2.05) is 45.9 Å². The molecule has 0 unspecified atom stereocenters. The van der Waals surface area contributed by atoms with Crippen LogP contribution in [-0.4, -0.2) is 21.3 Å². The van der Waals surface area contributed by atoms with Crippen molar-refractivity contribution >= 4 is 22.4 Å². The van der Waals surface area contributed by atoms with Crippen molar-refractivity contribution < 1.29 is 9.32 Å². The molecule has 0 atom stereocenters. The number of aromatic nitrogens is 3. The third kappa shape index (κ3) is 3.35. The number of aryl methyl sites for hydroxylation is 2. The van der Waals surface area contributed by atoms with E-state index >= 15 is 0 Å². The average molecular weight is 342 g/mol. The van der Waals surface area contributed by atoms with Gasteiger partial charge in [0.05, 0.1) is 0 Å². The zero-order valence-corrected chi connectivity index (χ0v) is 14.8. The van der Waals surface area contributed by atoms with Gasteiger partial charge in [-0.05, 0) is 31.0 Å². The lowest BCUT2D eigenvalue weighted by atomic mass is 10.0. The van der Waals surface area contributed by atoms with Crippen molar-refractivity contribution in [3.05, 3.63) is 46.1 Å². The summed E-state index contributed by atoms with van der Waals surface area (Å²) in [5.74, 6) is 0.472. The highest BCUT2D eigenvalue weighted by molar-refractivity contribution is 7.15. The lowest BCUT2D eigenvalue weighted by Crippen LogP contribution is -2.11. The second kappa shape index (κ2) is 6.52. The van der Waals surface area contributed by atoms with Crippen molar-refractivity contribution in [2.75, 3.05) is 5.32 Å². The van der Waals surface area contributed by atoms with Crippen LogP contribution in [-0.2, 0) is 0 Å². The molecule has 1 amide bonds. The molecule has 0 aliphatic rings. The third-order valence-electron chi connectivity index (χ3n) is 3.69. The SMILES string of the molecule is Cc1ccc(-c2cc(C(=O)Nc3nnc(C(C)C)s3)no2)cc1C. The fraction of sp³-hybridized carbons (Fsp3) is 0.294. The van der Waals surface area contributed by atoms with Gasteiger partial charge in [0.15, 0.2) is 11.5 Å². The first-order valence-electron chi connectivity index (χ1n) is 7.63. The second-order valence-corrected chi connectivity index (χ2v) is 6.94. The predicted octanol–water partition coefficient (Wildman–Crippen LogP) is 4.19. The first-order valence-corrected chi connectivity index (χ1v) is 8.45. The minimum absolute atomic E-state index is 0.213. The first-order chi connectivity index (χ1) is 11.4. The summed E-state index contributed by atoms with van der Waals surface area (Å²) in [6.07, 6.45) is 0. The number of nitrogens with one attached hydrogen (secondary N) is 1. The van der Waals surface area contributed by atoms with E-state index in [0.29, 0.717) is 10.9 Å². The van der Waals surface area contributed by atoms with Crippen LogP contribution in [0.15, 0.2) is 28.8 Å². The van der Waals surface area contributed by atoms with E-state index in [4.69, 9.17) is 4.52 Å². The van der Waals surface area contributed by atoms with E-state index in [-0.39, 0.29) is 17.5 Å². The smallest absolute Gasteiger partial charge is 0.279 e. The molecule has 2 heterocycles. The van der Waals surface area contributed by atoms with Crippen molar-refractivity contribution in [1.82, 2.24) is 15.4 Å². The summed E-state index contributed by atoms with van der Waals surface area (Å²) in [4.78, 5) is 12.3. The third-order valence-corrected chi connectivity index (χ3v) is 4.83. The van der Waals surface area contributed by atoms with Crippen LogP contribution >= 0.6 is 11.3 Å². The maximum atomic E-state index is 12.3. The lowest BCUT2D eigenvalue weighted by molar-refractivity contribution is 0.101. The number of amides is 1. The van der Waals surface area contributed by atoms with Crippen molar-refractivity contribution in [2.24, 2.45) is 0 Å². The number of rotatable bonds is 4. The number of carbonyl (C=O) groups is 1. The summed E-state index contributed by atoms with van der Waals surface area (Å²) in [5, 5.41) is 15.9. The van der Waals surface area contributed by atoms with Crippen LogP contribution in [0.3, 0.4) is 0 Å². The highest BCUT2D eigenvalue weighted by atomic mass is 32.1. The van der Waals surface area contributed by atoms with Crippen LogP contribution in [0.25, 0.3) is 11.3 Å². The molecule has 7 heteroatoms. The lowest BCUT2D eigenvalue weighted by Gasteiger charge is -2.01. The Morgan fingerprint density at radius 3 is 2.62 bits per heavy atom. The zero-order valence-electron chi connectivity index (χ0n) is 14.0. The predicted molar refractivity (Wildman–Crippen MR) is 93.4 cm³/mol.